The van der Waals surface area contributed by atoms with Gasteiger partial charge in [0.1, 0.15) is 0 Å². The second-order valence-electron chi connectivity index (χ2n) is 9.77. The van der Waals surface area contributed by atoms with Crippen LogP contribution in [0.15, 0.2) is 42.5 Å². The molecule has 0 radical (unpaired) electrons. The van der Waals surface area contributed by atoms with Crippen LogP contribution in [0.1, 0.15) is 55.5 Å². The number of nitrogens with zero attached hydrogens (tertiary/aromatic N) is 1. The topological polar surface area (TPSA) is 93.9 Å². The molecule has 0 spiro atoms. The van der Waals surface area contributed by atoms with Crippen molar-refractivity contribution in [1.29, 1.82) is 0 Å². The summed E-state index contributed by atoms with van der Waals surface area (Å²) in [6.07, 6.45) is 4.15. The highest BCUT2D eigenvalue weighted by atomic mass is 16.7. The summed E-state index contributed by atoms with van der Waals surface area (Å²) < 4.78 is 10.8. The quantitative estimate of drug-likeness (QED) is 0.628. The maximum atomic E-state index is 13.5. The summed E-state index contributed by atoms with van der Waals surface area (Å²) in [5.74, 6) is 1.31. The molecule has 0 unspecified atom stereocenters. The molecule has 2 aliphatic rings. The molecule has 0 aromatic heterocycles. The van der Waals surface area contributed by atoms with Crippen molar-refractivity contribution in [3.63, 3.8) is 0 Å². The minimum absolute atomic E-state index is 0.0854. The van der Waals surface area contributed by atoms with Gasteiger partial charge < -0.3 is 25.4 Å². The van der Waals surface area contributed by atoms with Crippen molar-refractivity contribution in [2.45, 2.75) is 46.1 Å². The molecule has 1 aliphatic carbocycles. The zero-order valence-electron chi connectivity index (χ0n) is 19.4. The van der Waals surface area contributed by atoms with Crippen LogP contribution in [0.3, 0.4) is 0 Å². The lowest BCUT2D eigenvalue weighted by molar-refractivity contribution is -0.119. The number of fused-ring (bicyclic) bond motifs is 1. The molecule has 176 valence electrons. The Morgan fingerprint density at radius 1 is 1.09 bits per heavy atom. The molecule has 1 fully saturated rings. The summed E-state index contributed by atoms with van der Waals surface area (Å²) in [6.45, 7) is 5.61. The largest absolute Gasteiger partial charge is 0.454 e. The van der Waals surface area contributed by atoms with Gasteiger partial charge in [-0.2, -0.15) is 0 Å². The van der Waals surface area contributed by atoms with Gasteiger partial charge in [-0.1, -0.05) is 38.8 Å². The van der Waals surface area contributed by atoms with Crippen molar-refractivity contribution < 1.29 is 19.1 Å². The monoisotopic (exact) mass is 451 g/mol. The third-order valence-corrected chi connectivity index (χ3v) is 6.37. The molecule has 7 heteroatoms. The number of benzene rings is 2. The fraction of sp³-hybridized carbons (Fsp3) is 0.462. The standard InChI is InChI=1S/C26H33N3O4/c1-26(2,15-27)16-29(25(31)20-10-11-22-23(13-20)33-17-32-22)14-18-6-5-9-21(12-18)28-24(30)19-7-3-4-8-19/h5-6,9-13,19H,3-4,7-8,14-17,27H2,1-2H3,(H,28,30). The van der Waals surface area contributed by atoms with Gasteiger partial charge in [0.05, 0.1) is 0 Å². The van der Waals surface area contributed by atoms with E-state index in [1.165, 1.54) is 0 Å². The Labute approximate surface area is 195 Å². The predicted octanol–water partition coefficient (Wildman–Crippen LogP) is 4.17. The molecule has 3 N–H and O–H groups in total. The third-order valence-electron chi connectivity index (χ3n) is 6.37. The van der Waals surface area contributed by atoms with Gasteiger partial charge in [-0.05, 0) is 60.7 Å². The Balaban J connectivity index is 1.52. The van der Waals surface area contributed by atoms with Crippen LogP contribution in [0.5, 0.6) is 11.5 Å². The maximum absolute atomic E-state index is 13.5. The molecule has 0 saturated heterocycles. The molecule has 1 heterocycles. The van der Waals surface area contributed by atoms with Gasteiger partial charge in [0.25, 0.3) is 5.91 Å². The first-order valence-corrected chi connectivity index (χ1v) is 11.6. The number of amides is 2. The highest BCUT2D eigenvalue weighted by molar-refractivity contribution is 5.95. The van der Waals surface area contributed by atoms with Gasteiger partial charge in [-0.25, -0.2) is 0 Å². The van der Waals surface area contributed by atoms with Crippen LogP contribution < -0.4 is 20.5 Å². The highest BCUT2D eigenvalue weighted by Gasteiger charge is 2.27. The molecule has 2 aromatic carbocycles. The smallest absolute Gasteiger partial charge is 0.254 e. The first kappa shape index (κ1) is 23.1. The number of hydrogen-bond donors (Lipinski definition) is 2. The van der Waals surface area contributed by atoms with E-state index in [9.17, 15) is 9.59 Å². The lowest BCUT2D eigenvalue weighted by Crippen LogP contribution is -2.41. The van der Waals surface area contributed by atoms with E-state index in [1.807, 2.05) is 43.0 Å². The Morgan fingerprint density at radius 3 is 2.61 bits per heavy atom. The van der Waals surface area contributed by atoms with Crippen LogP contribution in [-0.2, 0) is 11.3 Å². The van der Waals surface area contributed by atoms with E-state index in [4.69, 9.17) is 15.2 Å². The van der Waals surface area contributed by atoms with Gasteiger partial charge in [0, 0.05) is 30.3 Å². The van der Waals surface area contributed by atoms with Crippen molar-refractivity contribution in [3.8, 4) is 11.5 Å². The maximum Gasteiger partial charge on any atom is 0.254 e. The average molecular weight is 452 g/mol. The fourth-order valence-electron chi connectivity index (χ4n) is 4.39. The Bertz CT molecular complexity index is 1010. The number of nitrogens with two attached hydrogens (primary N) is 1. The predicted molar refractivity (Wildman–Crippen MR) is 127 cm³/mol. The molecule has 1 aliphatic heterocycles. The average Bonchev–Trinajstić information content (AvgIpc) is 3.50. The van der Waals surface area contributed by atoms with Gasteiger partial charge in [0.15, 0.2) is 11.5 Å². The van der Waals surface area contributed by atoms with Gasteiger partial charge in [-0.3, -0.25) is 9.59 Å². The van der Waals surface area contributed by atoms with Crippen LogP contribution >= 0.6 is 0 Å². The van der Waals surface area contributed by atoms with E-state index in [1.54, 1.807) is 18.2 Å². The van der Waals surface area contributed by atoms with Crippen LogP contribution in [0.25, 0.3) is 0 Å². The van der Waals surface area contributed by atoms with Crippen molar-refractivity contribution in [2.75, 3.05) is 25.2 Å². The molecule has 0 atom stereocenters. The van der Waals surface area contributed by atoms with E-state index < -0.39 is 0 Å². The van der Waals surface area contributed by atoms with Crippen LogP contribution in [0.4, 0.5) is 5.69 Å². The Hall–Kier alpha value is -3.06. The fourth-order valence-corrected chi connectivity index (χ4v) is 4.39. The normalized spacial score (nSPS) is 15.5. The summed E-state index contributed by atoms with van der Waals surface area (Å²) in [5.41, 5.74) is 7.97. The van der Waals surface area contributed by atoms with Crippen LogP contribution in [-0.4, -0.2) is 36.6 Å². The first-order valence-electron chi connectivity index (χ1n) is 11.6. The number of carbonyl (C=O) groups is 2. The molecule has 7 nitrogen and oxygen atoms in total. The molecular weight excluding hydrogens is 418 g/mol. The summed E-state index contributed by atoms with van der Waals surface area (Å²) in [6, 6.07) is 13.0. The Morgan fingerprint density at radius 2 is 1.85 bits per heavy atom. The third kappa shape index (κ3) is 5.66. The van der Waals surface area contributed by atoms with E-state index in [0.717, 1.165) is 36.9 Å². The summed E-state index contributed by atoms with van der Waals surface area (Å²) in [7, 11) is 0. The number of nitrogens with one attached hydrogen (secondary N) is 1. The molecule has 33 heavy (non-hydrogen) atoms. The van der Waals surface area contributed by atoms with E-state index in [0.29, 0.717) is 36.7 Å². The highest BCUT2D eigenvalue weighted by Crippen LogP contribution is 2.33. The second kappa shape index (κ2) is 9.83. The number of anilines is 1. The minimum Gasteiger partial charge on any atom is -0.454 e. The summed E-state index contributed by atoms with van der Waals surface area (Å²) >= 11 is 0. The van der Waals surface area contributed by atoms with E-state index in [-0.39, 0.29) is 29.9 Å². The Kier molecular flexibility index (Phi) is 6.88. The molecule has 1 saturated carbocycles. The SMILES string of the molecule is CC(C)(CN)CN(Cc1cccc(NC(=O)C2CCCC2)c1)C(=O)c1ccc2c(c1)OCO2. The van der Waals surface area contributed by atoms with Gasteiger partial charge in [-0.15, -0.1) is 0 Å². The number of hydrogen-bond acceptors (Lipinski definition) is 5. The number of rotatable bonds is 8. The van der Waals surface area contributed by atoms with Crippen molar-refractivity contribution >= 4 is 17.5 Å². The van der Waals surface area contributed by atoms with Crippen LogP contribution in [0.2, 0.25) is 0 Å². The molecule has 4 rings (SSSR count). The molecular formula is C26H33N3O4. The zero-order chi connectivity index (χ0) is 23.4. The van der Waals surface area contributed by atoms with E-state index in [2.05, 4.69) is 5.32 Å². The number of ether oxygens (including phenoxy) is 2. The zero-order valence-corrected chi connectivity index (χ0v) is 19.4. The van der Waals surface area contributed by atoms with Gasteiger partial charge >= 0.3 is 0 Å². The molecule has 0 bridgehead atoms. The van der Waals surface area contributed by atoms with Crippen molar-refractivity contribution in [2.24, 2.45) is 17.1 Å². The lowest BCUT2D eigenvalue weighted by atomic mass is 9.92. The first-order chi connectivity index (χ1) is 15.8. The lowest BCUT2D eigenvalue weighted by Gasteiger charge is -2.32. The number of carbonyl (C=O) groups excluding carboxylic acids is 2. The molecule has 2 aromatic rings. The minimum atomic E-state index is -0.250. The second-order valence-corrected chi connectivity index (χ2v) is 9.77. The van der Waals surface area contributed by atoms with Crippen LogP contribution in [0, 0.1) is 11.3 Å². The van der Waals surface area contributed by atoms with Gasteiger partial charge in [0.2, 0.25) is 12.7 Å². The van der Waals surface area contributed by atoms with E-state index >= 15 is 0 Å². The van der Waals surface area contributed by atoms with Crippen molar-refractivity contribution in [1.82, 2.24) is 4.90 Å². The summed E-state index contributed by atoms with van der Waals surface area (Å²) in [5, 5.41) is 3.05. The summed E-state index contributed by atoms with van der Waals surface area (Å²) in [4.78, 5) is 27.9. The van der Waals surface area contributed by atoms with Crippen molar-refractivity contribution in [3.05, 3.63) is 53.6 Å². The molecule has 2 amide bonds.